The third kappa shape index (κ3) is 3.58. The Morgan fingerprint density at radius 1 is 1.31 bits per heavy atom. The molecule has 0 radical (unpaired) electrons. The van der Waals surface area contributed by atoms with E-state index in [4.69, 9.17) is 5.73 Å². The number of nitrogen functional groups attached to an aromatic ring is 1. The van der Waals surface area contributed by atoms with Gasteiger partial charge in [0.25, 0.3) is 5.69 Å². The zero-order valence-corrected chi connectivity index (χ0v) is 14.6. The minimum Gasteiger partial charge on any atom is -0.383 e. The van der Waals surface area contributed by atoms with Crippen molar-refractivity contribution in [1.29, 1.82) is 0 Å². The maximum atomic E-state index is 12.9. The summed E-state index contributed by atoms with van der Waals surface area (Å²) in [6.45, 7) is 1.00. The molecule has 1 aromatic heterocycles. The van der Waals surface area contributed by atoms with Crippen LogP contribution in [0.15, 0.2) is 35.6 Å². The van der Waals surface area contributed by atoms with Gasteiger partial charge < -0.3 is 11.1 Å². The molecule has 1 aliphatic rings. The lowest BCUT2D eigenvalue weighted by atomic mass is 10.2. The predicted molar refractivity (Wildman–Crippen MR) is 94.9 cm³/mol. The molecule has 0 amide bonds. The van der Waals surface area contributed by atoms with Gasteiger partial charge in [0.05, 0.1) is 10.6 Å². The van der Waals surface area contributed by atoms with Gasteiger partial charge in [0, 0.05) is 43.5 Å². The van der Waals surface area contributed by atoms with Gasteiger partial charge in [-0.3, -0.25) is 10.1 Å². The molecule has 1 aromatic carbocycles. The zero-order valence-electron chi connectivity index (χ0n) is 13.8. The average Bonchev–Trinajstić information content (AvgIpc) is 3.16. The number of sulfonamides is 1. The fourth-order valence-electron chi connectivity index (χ4n) is 2.75. The van der Waals surface area contributed by atoms with Crippen molar-refractivity contribution in [2.24, 2.45) is 0 Å². The van der Waals surface area contributed by atoms with Gasteiger partial charge in [-0.1, -0.05) is 0 Å². The molecular weight excluding hydrogens is 360 g/mol. The number of nitrogens with two attached hydrogens (primary N) is 1. The number of nitrogens with one attached hydrogen (secondary N) is 1. The first-order chi connectivity index (χ1) is 12.4. The van der Waals surface area contributed by atoms with Crippen LogP contribution in [0.5, 0.6) is 0 Å². The van der Waals surface area contributed by atoms with Crippen LogP contribution in [0.4, 0.5) is 17.2 Å². The quantitative estimate of drug-likeness (QED) is 0.566. The van der Waals surface area contributed by atoms with Crippen LogP contribution in [0.3, 0.4) is 0 Å². The van der Waals surface area contributed by atoms with Gasteiger partial charge in [0.1, 0.15) is 17.0 Å². The van der Waals surface area contributed by atoms with E-state index in [2.05, 4.69) is 15.3 Å². The third-order valence-corrected chi connectivity index (χ3v) is 6.09. The normalized spacial score (nSPS) is 15.1. The second-order valence-corrected chi connectivity index (χ2v) is 7.74. The van der Waals surface area contributed by atoms with E-state index in [1.807, 2.05) is 0 Å². The Hall–Kier alpha value is -2.79. The molecule has 138 valence electrons. The summed E-state index contributed by atoms with van der Waals surface area (Å²) in [5, 5.41) is 14.1. The van der Waals surface area contributed by atoms with Crippen LogP contribution in [-0.2, 0) is 16.6 Å². The fourth-order valence-corrected chi connectivity index (χ4v) is 4.45. The third-order valence-electron chi connectivity index (χ3n) is 4.15. The molecule has 1 fully saturated rings. The first-order valence-corrected chi connectivity index (χ1v) is 9.40. The zero-order chi connectivity index (χ0) is 18.7. The molecular formula is C15H18N6O4S. The minimum atomic E-state index is -3.84. The molecule has 0 atom stereocenters. The summed E-state index contributed by atoms with van der Waals surface area (Å²) in [6, 6.07) is 3.73. The van der Waals surface area contributed by atoms with Gasteiger partial charge in [0.2, 0.25) is 10.0 Å². The SMILES string of the molecule is Nc1ncncc1CNc1ccc([N+](=O)[O-])cc1S(=O)(=O)N1CCCC1. The Labute approximate surface area is 150 Å². The lowest BCUT2D eigenvalue weighted by Gasteiger charge is -2.19. The van der Waals surface area contributed by atoms with E-state index >= 15 is 0 Å². The van der Waals surface area contributed by atoms with Crippen molar-refractivity contribution in [2.75, 3.05) is 24.1 Å². The van der Waals surface area contributed by atoms with Crippen molar-refractivity contribution in [2.45, 2.75) is 24.3 Å². The number of hydrogen-bond acceptors (Lipinski definition) is 8. The van der Waals surface area contributed by atoms with Gasteiger partial charge >= 0.3 is 0 Å². The molecule has 3 rings (SSSR count). The number of anilines is 2. The molecule has 10 nitrogen and oxygen atoms in total. The van der Waals surface area contributed by atoms with E-state index in [0.717, 1.165) is 18.9 Å². The van der Waals surface area contributed by atoms with Gasteiger partial charge in [0.15, 0.2) is 0 Å². The first-order valence-electron chi connectivity index (χ1n) is 7.96. The van der Waals surface area contributed by atoms with E-state index in [1.165, 1.54) is 29.0 Å². The Balaban J connectivity index is 1.96. The number of non-ortho nitro benzene ring substituents is 1. The van der Waals surface area contributed by atoms with E-state index in [1.54, 1.807) is 0 Å². The van der Waals surface area contributed by atoms with Gasteiger partial charge in [-0.25, -0.2) is 18.4 Å². The van der Waals surface area contributed by atoms with Crippen LogP contribution in [0.25, 0.3) is 0 Å². The maximum absolute atomic E-state index is 12.9. The van der Waals surface area contributed by atoms with Crippen LogP contribution in [-0.4, -0.2) is 40.7 Å². The molecule has 26 heavy (non-hydrogen) atoms. The fraction of sp³-hybridized carbons (Fsp3) is 0.333. The monoisotopic (exact) mass is 378 g/mol. The number of nitro groups is 1. The van der Waals surface area contributed by atoms with Crippen molar-refractivity contribution in [3.63, 3.8) is 0 Å². The van der Waals surface area contributed by atoms with Crippen molar-refractivity contribution < 1.29 is 13.3 Å². The summed E-state index contributed by atoms with van der Waals surface area (Å²) in [5.74, 6) is 0.276. The standard InChI is InChI=1S/C15H18N6O4S/c16-15-11(8-17-10-19-15)9-18-13-4-3-12(21(22)23)7-14(13)26(24,25)20-5-1-2-6-20/h3-4,7-8,10,18H,1-2,5-6,9H2,(H2,16,17,19). The van der Waals surface area contributed by atoms with Crippen molar-refractivity contribution in [3.05, 3.63) is 46.4 Å². The molecule has 11 heteroatoms. The molecule has 0 spiro atoms. The van der Waals surface area contributed by atoms with Gasteiger partial charge in [-0.15, -0.1) is 0 Å². The first kappa shape index (κ1) is 18.0. The molecule has 1 aliphatic heterocycles. The highest BCUT2D eigenvalue weighted by Gasteiger charge is 2.31. The number of rotatable bonds is 6. The number of nitro benzene ring substituents is 1. The summed E-state index contributed by atoms with van der Waals surface area (Å²) < 4.78 is 27.2. The number of hydrogen-bond donors (Lipinski definition) is 2. The highest BCUT2D eigenvalue weighted by molar-refractivity contribution is 7.89. The highest BCUT2D eigenvalue weighted by Crippen LogP contribution is 2.31. The van der Waals surface area contributed by atoms with E-state index in [0.29, 0.717) is 18.7 Å². The van der Waals surface area contributed by atoms with Crippen molar-refractivity contribution >= 4 is 27.2 Å². The van der Waals surface area contributed by atoms with Crippen LogP contribution in [0, 0.1) is 10.1 Å². The number of aromatic nitrogens is 2. The smallest absolute Gasteiger partial charge is 0.270 e. The molecule has 0 unspecified atom stereocenters. The summed E-state index contributed by atoms with van der Waals surface area (Å²) in [6.07, 6.45) is 4.38. The summed E-state index contributed by atoms with van der Waals surface area (Å²) in [7, 11) is -3.84. The van der Waals surface area contributed by atoms with Crippen molar-refractivity contribution in [1.82, 2.24) is 14.3 Å². The Kier molecular flexibility index (Phi) is 5.00. The number of benzene rings is 1. The van der Waals surface area contributed by atoms with Crippen molar-refractivity contribution in [3.8, 4) is 0 Å². The summed E-state index contributed by atoms with van der Waals surface area (Å²) in [4.78, 5) is 18.1. The average molecular weight is 378 g/mol. The lowest BCUT2D eigenvalue weighted by molar-refractivity contribution is -0.385. The van der Waals surface area contributed by atoms with Crippen LogP contribution in [0.1, 0.15) is 18.4 Å². The highest BCUT2D eigenvalue weighted by atomic mass is 32.2. The Morgan fingerprint density at radius 3 is 2.69 bits per heavy atom. The van der Waals surface area contributed by atoms with E-state index < -0.39 is 14.9 Å². The predicted octanol–water partition coefficient (Wildman–Crippen LogP) is 1.36. The lowest BCUT2D eigenvalue weighted by Crippen LogP contribution is -2.28. The molecule has 2 aromatic rings. The second-order valence-electron chi connectivity index (χ2n) is 5.84. The second kappa shape index (κ2) is 7.22. The molecule has 0 saturated carbocycles. The van der Waals surface area contributed by atoms with Crippen LogP contribution >= 0.6 is 0 Å². The van der Waals surface area contributed by atoms with Gasteiger partial charge in [-0.05, 0) is 18.9 Å². The van der Waals surface area contributed by atoms with Gasteiger partial charge in [-0.2, -0.15) is 4.31 Å². The Bertz CT molecular complexity index is 927. The molecule has 0 bridgehead atoms. The molecule has 2 heterocycles. The van der Waals surface area contributed by atoms with Crippen LogP contribution < -0.4 is 11.1 Å². The van der Waals surface area contributed by atoms with Crippen LogP contribution in [0.2, 0.25) is 0 Å². The largest absolute Gasteiger partial charge is 0.383 e. The molecule has 1 saturated heterocycles. The molecule has 0 aliphatic carbocycles. The molecule has 3 N–H and O–H groups in total. The topological polar surface area (TPSA) is 144 Å². The summed E-state index contributed by atoms with van der Waals surface area (Å²) in [5.41, 5.74) is 6.35. The Morgan fingerprint density at radius 2 is 2.04 bits per heavy atom. The minimum absolute atomic E-state index is 0.121. The maximum Gasteiger partial charge on any atom is 0.270 e. The number of nitrogens with zero attached hydrogens (tertiary/aromatic N) is 4. The summed E-state index contributed by atoms with van der Waals surface area (Å²) >= 11 is 0. The van der Waals surface area contributed by atoms with E-state index in [-0.39, 0.29) is 28.6 Å². The van der Waals surface area contributed by atoms with E-state index in [9.17, 15) is 18.5 Å².